The van der Waals surface area contributed by atoms with Gasteiger partial charge in [-0.2, -0.15) is 0 Å². The van der Waals surface area contributed by atoms with Crippen molar-refractivity contribution in [1.29, 1.82) is 0 Å². The number of carbonyl (C=O) groups is 1. The van der Waals surface area contributed by atoms with E-state index in [2.05, 4.69) is 0 Å². The fourth-order valence-corrected chi connectivity index (χ4v) is 2.87. The van der Waals surface area contributed by atoms with Crippen molar-refractivity contribution in [2.45, 2.75) is 57.5 Å². The molecule has 21 heavy (non-hydrogen) atoms. The number of ether oxygens (including phenoxy) is 1. The number of esters is 1. The molecule has 5 heteroatoms. The first-order valence-electron chi connectivity index (χ1n) is 7.23. The van der Waals surface area contributed by atoms with Crippen LogP contribution in [0.15, 0.2) is 24.3 Å². The Bertz CT molecular complexity index is 536. The van der Waals surface area contributed by atoms with Gasteiger partial charge in [0.25, 0.3) is 5.69 Å². The molecule has 0 radical (unpaired) electrons. The molecule has 1 aromatic carbocycles. The van der Waals surface area contributed by atoms with Crippen molar-refractivity contribution < 1.29 is 14.5 Å². The Kier molecular flexibility index (Phi) is 4.03. The van der Waals surface area contributed by atoms with E-state index in [9.17, 15) is 14.9 Å². The minimum atomic E-state index is -0.650. The lowest BCUT2D eigenvalue weighted by Crippen LogP contribution is -2.39. The summed E-state index contributed by atoms with van der Waals surface area (Å²) < 4.78 is 5.58. The van der Waals surface area contributed by atoms with Crippen molar-refractivity contribution >= 4 is 11.7 Å². The first-order valence-corrected chi connectivity index (χ1v) is 7.23. The molecular weight excluding hydrogens is 270 g/mol. The predicted molar refractivity (Wildman–Crippen MR) is 79.1 cm³/mol. The number of benzene rings is 1. The van der Waals surface area contributed by atoms with Crippen molar-refractivity contribution in [1.82, 2.24) is 0 Å². The van der Waals surface area contributed by atoms with Gasteiger partial charge >= 0.3 is 5.97 Å². The minimum absolute atomic E-state index is 0.0380. The molecule has 1 aromatic rings. The van der Waals surface area contributed by atoms with Crippen LogP contribution < -0.4 is 0 Å². The number of non-ortho nitro benzene ring substituents is 1. The van der Waals surface area contributed by atoms with E-state index in [1.165, 1.54) is 12.1 Å². The molecule has 5 nitrogen and oxygen atoms in total. The molecule has 0 atom stereocenters. The van der Waals surface area contributed by atoms with Crippen LogP contribution in [0, 0.1) is 10.1 Å². The van der Waals surface area contributed by atoms with Crippen molar-refractivity contribution in [2.75, 3.05) is 0 Å². The van der Waals surface area contributed by atoms with E-state index in [1.54, 1.807) is 12.1 Å². The summed E-state index contributed by atoms with van der Waals surface area (Å²) in [5.41, 5.74) is -0.327. The summed E-state index contributed by atoms with van der Waals surface area (Å²) in [5.74, 6) is -0.221. The third kappa shape index (κ3) is 3.23. The average Bonchev–Trinajstić information content (AvgIpc) is 2.87. The van der Waals surface area contributed by atoms with Gasteiger partial charge in [-0.25, -0.2) is 0 Å². The second-order valence-electron chi connectivity index (χ2n) is 6.60. The molecule has 1 aliphatic rings. The first-order chi connectivity index (χ1) is 9.74. The van der Waals surface area contributed by atoms with Crippen LogP contribution in [-0.2, 0) is 14.9 Å². The molecule has 1 fully saturated rings. The Labute approximate surface area is 124 Å². The predicted octanol–water partition coefficient (Wildman–Crippen LogP) is 3.75. The lowest BCUT2D eigenvalue weighted by molar-refractivity contribution is -0.384. The Hall–Kier alpha value is -1.91. The van der Waals surface area contributed by atoms with E-state index >= 15 is 0 Å². The normalized spacial score (nSPS) is 17.5. The van der Waals surface area contributed by atoms with Gasteiger partial charge in [-0.3, -0.25) is 14.9 Å². The molecule has 114 valence electrons. The SMILES string of the molecule is CC(C)(C)OC(=O)C1(c2ccc([N+](=O)[O-])cc2)CCCC1. The van der Waals surface area contributed by atoms with Crippen molar-refractivity contribution in [3.63, 3.8) is 0 Å². The molecule has 2 rings (SSSR count). The van der Waals surface area contributed by atoms with Crippen molar-refractivity contribution in [3.8, 4) is 0 Å². The summed E-state index contributed by atoms with van der Waals surface area (Å²) in [6.07, 6.45) is 3.41. The maximum absolute atomic E-state index is 12.6. The molecule has 0 bridgehead atoms. The van der Waals surface area contributed by atoms with E-state index in [4.69, 9.17) is 4.74 Å². The van der Waals surface area contributed by atoms with Crippen molar-refractivity contribution in [3.05, 3.63) is 39.9 Å². The number of nitro groups is 1. The molecule has 0 saturated heterocycles. The maximum atomic E-state index is 12.6. The largest absolute Gasteiger partial charge is 0.459 e. The molecule has 0 spiro atoms. The van der Waals surface area contributed by atoms with Crippen LogP contribution in [0.3, 0.4) is 0 Å². The van der Waals surface area contributed by atoms with Gasteiger partial charge in [0.15, 0.2) is 0 Å². The number of rotatable bonds is 3. The number of carbonyl (C=O) groups excluding carboxylic acids is 1. The van der Waals surface area contributed by atoms with Gasteiger partial charge in [-0.1, -0.05) is 25.0 Å². The number of nitro benzene ring substituents is 1. The smallest absolute Gasteiger partial charge is 0.317 e. The van der Waals surface area contributed by atoms with Crippen LogP contribution in [0.4, 0.5) is 5.69 Å². The van der Waals surface area contributed by atoms with E-state index < -0.39 is 15.9 Å². The fourth-order valence-electron chi connectivity index (χ4n) is 2.87. The van der Waals surface area contributed by atoms with Gasteiger partial charge < -0.3 is 4.74 Å². The summed E-state index contributed by atoms with van der Waals surface area (Å²) in [6.45, 7) is 5.55. The first kappa shape index (κ1) is 15.5. The van der Waals surface area contributed by atoms with Gasteiger partial charge in [-0.15, -0.1) is 0 Å². The molecule has 0 aromatic heterocycles. The van der Waals surface area contributed by atoms with Crippen LogP contribution in [0.2, 0.25) is 0 Å². The summed E-state index contributed by atoms with van der Waals surface area (Å²) in [5, 5.41) is 10.7. The van der Waals surface area contributed by atoms with Gasteiger partial charge in [0.05, 0.1) is 10.3 Å². The van der Waals surface area contributed by atoms with E-state index in [0.717, 1.165) is 31.2 Å². The second kappa shape index (κ2) is 5.47. The maximum Gasteiger partial charge on any atom is 0.317 e. The summed E-state index contributed by atoms with van der Waals surface area (Å²) in [6, 6.07) is 6.29. The summed E-state index contributed by atoms with van der Waals surface area (Å²) >= 11 is 0. The highest BCUT2D eigenvalue weighted by atomic mass is 16.6. The van der Waals surface area contributed by atoms with Crippen LogP contribution in [0.25, 0.3) is 0 Å². The average molecular weight is 291 g/mol. The molecule has 1 aliphatic carbocycles. The van der Waals surface area contributed by atoms with E-state index in [-0.39, 0.29) is 11.7 Å². The number of nitrogens with zero attached hydrogens (tertiary/aromatic N) is 1. The van der Waals surface area contributed by atoms with Crippen LogP contribution in [-0.4, -0.2) is 16.5 Å². The molecule has 1 saturated carbocycles. The van der Waals surface area contributed by atoms with Crippen LogP contribution in [0.5, 0.6) is 0 Å². The second-order valence-corrected chi connectivity index (χ2v) is 6.60. The van der Waals surface area contributed by atoms with Crippen molar-refractivity contribution in [2.24, 2.45) is 0 Å². The Morgan fingerprint density at radius 1 is 1.19 bits per heavy atom. The molecule has 0 heterocycles. The molecular formula is C16H21NO4. The Balaban J connectivity index is 2.34. The highest BCUT2D eigenvalue weighted by molar-refractivity contribution is 5.84. The lowest BCUT2D eigenvalue weighted by Gasteiger charge is -2.31. The third-order valence-electron chi connectivity index (χ3n) is 3.88. The minimum Gasteiger partial charge on any atom is -0.459 e. The Morgan fingerprint density at radius 3 is 2.14 bits per heavy atom. The molecule has 0 aliphatic heterocycles. The Morgan fingerprint density at radius 2 is 1.71 bits per heavy atom. The monoisotopic (exact) mass is 291 g/mol. The zero-order chi connectivity index (χ0) is 15.7. The van der Waals surface area contributed by atoms with E-state index in [1.807, 2.05) is 20.8 Å². The van der Waals surface area contributed by atoms with Gasteiger partial charge in [-0.05, 0) is 39.2 Å². The standard InChI is InChI=1S/C16H21NO4/c1-15(2,3)21-14(18)16(10-4-5-11-16)12-6-8-13(9-7-12)17(19)20/h6-9H,4-5,10-11H2,1-3H3. The zero-order valence-electron chi connectivity index (χ0n) is 12.7. The summed E-state index contributed by atoms with van der Waals surface area (Å²) in [4.78, 5) is 23.0. The van der Waals surface area contributed by atoms with Gasteiger partial charge in [0.2, 0.25) is 0 Å². The fraction of sp³-hybridized carbons (Fsp3) is 0.562. The quantitative estimate of drug-likeness (QED) is 0.483. The van der Waals surface area contributed by atoms with Gasteiger partial charge in [0.1, 0.15) is 5.60 Å². The number of hydrogen-bond acceptors (Lipinski definition) is 4. The molecule has 0 N–H and O–H groups in total. The lowest BCUT2D eigenvalue weighted by atomic mass is 9.78. The molecule has 0 amide bonds. The number of hydrogen-bond donors (Lipinski definition) is 0. The van der Waals surface area contributed by atoms with Crippen LogP contribution >= 0.6 is 0 Å². The zero-order valence-corrected chi connectivity index (χ0v) is 12.7. The van der Waals surface area contributed by atoms with E-state index in [0.29, 0.717) is 0 Å². The highest BCUT2D eigenvalue weighted by Gasteiger charge is 2.45. The topological polar surface area (TPSA) is 69.4 Å². The van der Waals surface area contributed by atoms with Gasteiger partial charge in [0, 0.05) is 12.1 Å². The molecule has 0 unspecified atom stereocenters. The third-order valence-corrected chi connectivity index (χ3v) is 3.88. The highest BCUT2D eigenvalue weighted by Crippen LogP contribution is 2.43. The van der Waals surface area contributed by atoms with Crippen LogP contribution in [0.1, 0.15) is 52.0 Å². The summed E-state index contributed by atoms with van der Waals surface area (Å²) in [7, 11) is 0.